The number of hydrogen-bond donors (Lipinski definition) is 2. The van der Waals surface area contributed by atoms with Gasteiger partial charge in [-0.25, -0.2) is 4.98 Å². The molecule has 0 bridgehead atoms. The molecule has 0 aliphatic heterocycles. The maximum absolute atomic E-state index is 12.6. The quantitative estimate of drug-likeness (QED) is 0.653. The summed E-state index contributed by atoms with van der Waals surface area (Å²) in [5.74, 6) is 0.879. The third kappa shape index (κ3) is 4.65. The van der Waals surface area contributed by atoms with Crippen LogP contribution in [0.15, 0.2) is 66.9 Å². The van der Waals surface area contributed by atoms with Crippen LogP contribution in [0, 0.1) is 11.3 Å². The highest BCUT2D eigenvalue weighted by atomic mass is 16.5. The van der Waals surface area contributed by atoms with Gasteiger partial charge in [-0.1, -0.05) is 24.3 Å². The van der Waals surface area contributed by atoms with Gasteiger partial charge in [0.15, 0.2) is 0 Å². The van der Waals surface area contributed by atoms with Gasteiger partial charge in [0.1, 0.15) is 17.6 Å². The third-order valence-corrected chi connectivity index (χ3v) is 3.83. The number of aromatic nitrogens is 1. The molecule has 140 valence electrons. The second-order valence-electron chi connectivity index (χ2n) is 6.33. The lowest BCUT2D eigenvalue weighted by Gasteiger charge is -2.14. The molecule has 1 heterocycles. The summed E-state index contributed by atoms with van der Waals surface area (Å²) in [7, 11) is 0. The first-order valence-electron chi connectivity index (χ1n) is 8.86. The van der Waals surface area contributed by atoms with Crippen LogP contribution in [0.4, 0.5) is 17.2 Å². The summed E-state index contributed by atoms with van der Waals surface area (Å²) in [4.78, 5) is 16.8. The van der Waals surface area contributed by atoms with Crippen LogP contribution in [0.2, 0.25) is 0 Å². The molecule has 0 aliphatic rings. The summed E-state index contributed by atoms with van der Waals surface area (Å²) >= 11 is 0. The molecule has 0 spiro atoms. The second kappa shape index (κ2) is 8.69. The van der Waals surface area contributed by atoms with E-state index < -0.39 is 0 Å². The van der Waals surface area contributed by atoms with Crippen LogP contribution in [-0.4, -0.2) is 17.0 Å². The van der Waals surface area contributed by atoms with E-state index in [-0.39, 0.29) is 12.0 Å². The number of anilines is 3. The molecule has 1 aromatic heterocycles. The van der Waals surface area contributed by atoms with Crippen molar-refractivity contribution in [2.75, 3.05) is 10.6 Å². The molecule has 3 aromatic rings. The Kier molecular flexibility index (Phi) is 5.87. The van der Waals surface area contributed by atoms with Gasteiger partial charge in [-0.2, -0.15) is 5.26 Å². The number of carbonyl (C=O) groups is 1. The number of para-hydroxylation sites is 3. The molecule has 0 radical (unpaired) electrons. The lowest BCUT2D eigenvalue weighted by atomic mass is 10.2. The van der Waals surface area contributed by atoms with Crippen molar-refractivity contribution in [2.45, 2.75) is 20.0 Å². The predicted molar refractivity (Wildman–Crippen MR) is 109 cm³/mol. The van der Waals surface area contributed by atoms with Crippen molar-refractivity contribution in [3.63, 3.8) is 0 Å². The number of hydrogen-bond acceptors (Lipinski definition) is 5. The lowest BCUT2D eigenvalue weighted by Crippen LogP contribution is -2.14. The first-order chi connectivity index (χ1) is 13.6. The molecule has 1 amide bonds. The molecule has 28 heavy (non-hydrogen) atoms. The number of carbonyl (C=O) groups excluding carboxylic acids is 1. The number of amides is 1. The molecule has 6 nitrogen and oxygen atoms in total. The Bertz CT molecular complexity index is 1010. The third-order valence-electron chi connectivity index (χ3n) is 3.83. The minimum Gasteiger partial charge on any atom is -0.489 e. The van der Waals surface area contributed by atoms with Crippen LogP contribution >= 0.6 is 0 Å². The fraction of sp³-hybridized carbons (Fsp3) is 0.136. The van der Waals surface area contributed by atoms with Crippen molar-refractivity contribution >= 4 is 23.1 Å². The summed E-state index contributed by atoms with van der Waals surface area (Å²) in [5.41, 5.74) is 2.20. The van der Waals surface area contributed by atoms with Crippen molar-refractivity contribution in [1.29, 1.82) is 5.26 Å². The van der Waals surface area contributed by atoms with E-state index in [1.54, 1.807) is 36.4 Å². The largest absolute Gasteiger partial charge is 0.489 e. The second-order valence-corrected chi connectivity index (χ2v) is 6.33. The first-order valence-corrected chi connectivity index (χ1v) is 8.86. The van der Waals surface area contributed by atoms with E-state index in [0.29, 0.717) is 34.1 Å². The van der Waals surface area contributed by atoms with Crippen LogP contribution in [0.1, 0.15) is 29.8 Å². The number of nitriles is 1. The molecule has 3 rings (SSSR count). The van der Waals surface area contributed by atoms with Gasteiger partial charge in [0.05, 0.1) is 28.6 Å². The summed E-state index contributed by atoms with van der Waals surface area (Å²) < 4.78 is 5.72. The fourth-order valence-electron chi connectivity index (χ4n) is 2.55. The van der Waals surface area contributed by atoms with Gasteiger partial charge in [0.25, 0.3) is 5.91 Å². The molecule has 0 fully saturated rings. The van der Waals surface area contributed by atoms with Crippen molar-refractivity contribution < 1.29 is 9.53 Å². The summed E-state index contributed by atoms with van der Waals surface area (Å²) in [6, 6.07) is 19.9. The van der Waals surface area contributed by atoms with Crippen molar-refractivity contribution in [2.24, 2.45) is 0 Å². The number of pyridine rings is 1. The van der Waals surface area contributed by atoms with E-state index in [2.05, 4.69) is 21.7 Å². The number of rotatable bonds is 6. The zero-order valence-corrected chi connectivity index (χ0v) is 15.6. The predicted octanol–water partition coefficient (Wildman–Crippen LogP) is 4.74. The van der Waals surface area contributed by atoms with Gasteiger partial charge in [0, 0.05) is 6.20 Å². The Morgan fingerprint density at radius 3 is 2.43 bits per heavy atom. The Morgan fingerprint density at radius 1 is 1.04 bits per heavy atom. The van der Waals surface area contributed by atoms with Crippen LogP contribution in [0.25, 0.3) is 0 Å². The van der Waals surface area contributed by atoms with E-state index >= 15 is 0 Å². The average molecular weight is 372 g/mol. The highest BCUT2D eigenvalue weighted by molar-refractivity contribution is 6.04. The molecule has 0 saturated carbocycles. The Morgan fingerprint density at radius 2 is 1.75 bits per heavy atom. The Labute approximate surface area is 163 Å². The standard InChI is InChI=1S/C22H20N4O2/c1-15(2)28-20-10-6-5-9-19(20)26-22(27)17-11-12-21(24-14-17)25-18-8-4-3-7-16(18)13-23/h3-12,14-15H,1-2H3,(H,24,25)(H,26,27). The topological polar surface area (TPSA) is 87.0 Å². The van der Waals surface area contributed by atoms with Crippen LogP contribution in [0.5, 0.6) is 5.75 Å². The molecule has 0 atom stereocenters. The normalized spacial score (nSPS) is 10.2. The van der Waals surface area contributed by atoms with E-state index in [9.17, 15) is 4.79 Å². The molecule has 2 aromatic carbocycles. The Hall–Kier alpha value is -3.85. The summed E-state index contributed by atoms with van der Waals surface area (Å²) in [6.07, 6.45) is 1.49. The number of benzene rings is 2. The smallest absolute Gasteiger partial charge is 0.257 e. The van der Waals surface area contributed by atoms with Gasteiger partial charge in [-0.05, 0) is 50.2 Å². The molecule has 0 aliphatic carbocycles. The van der Waals surface area contributed by atoms with Crippen molar-refractivity contribution in [3.8, 4) is 11.8 Å². The lowest BCUT2D eigenvalue weighted by molar-refractivity contribution is 0.102. The van der Waals surface area contributed by atoms with E-state index in [1.165, 1.54) is 6.20 Å². The van der Waals surface area contributed by atoms with E-state index in [1.807, 2.05) is 38.1 Å². The van der Waals surface area contributed by atoms with Gasteiger partial charge in [-0.15, -0.1) is 0 Å². The van der Waals surface area contributed by atoms with Crippen LogP contribution in [-0.2, 0) is 0 Å². The van der Waals surface area contributed by atoms with Crippen molar-refractivity contribution in [3.05, 3.63) is 78.0 Å². The van der Waals surface area contributed by atoms with Gasteiger partial charge in [0.2, 0.25) is 0 Å². The van der Waals surface area contributed by atoms with E-state index in [4.69, 9.17) is 10.00 Å². The van der Waals surface area contributed by atoms with Crippen LogP contribution in [0.3, 0.4) is 0 Å². The zero-order chi connectivity index (χ0) is 19.9. The summed E-state index contributed by atoms with van der Waals surface area (Å²) in [6.45, 7) is 3.86. The monoisotopic (exact) mass is 372 g/mol. The first kappa shape index (κ1) is 18.9. The SMILES string of the molecule is CC(C)Oc1ccccc1NC(=O)c1ccc(Nc2ccccc2C#N)nc1. The van der Waals surface area contributed by atoms with Gasteiger partial charge >= 0.3 is 0 Å². The molecule has 6 heteroatoms. The summed E-state index contributed by atoms with van der Waals surface area (Å²) in [5, 5.41) is 15.1. The highest BCUT2D eigenvalue weighted by Gasteiger charge is 2.11. The molecular formula is C22H20N4O2. The average Bonchev–Trinajstić information content (AvgIpc) is 2.70. The molecule has 2 N–H and O–H groups in total. The number of nitrogens with one attached hydrogen (secondary N) is 2. The molecule has 0 saturated heterocycles. The van der Waals surface area contributed by atoms with Crippen LogP contribution < -0.4 is 15.4 Å². The highest BCUT2D eigenvalue weighted by Crippen LogP contribution is 2.25. The van der Waals surface area contributed by atoms with E-state index in [0.717, 1.165) is 0 Å². The Balaban J connectivity index is 1.72. The minimum atomic E-state index is -0.281. The van der Waals surface area contributed by atoms with Gasteiger partial charge < -0.3 is 15.4 Å². The molecule has 0 unspecified atom stereocenters. The number of nitrogens with zero attached hydrogens (tertiary/aromatic N) is 2. The maximum atomic E-state index is 12.6. The zero-order valence-electron chi connectivity index (χ0n) is 15.6. The fourth-order valence-corrected chi connectivity index (χ4v) is 2.55. The number of ether oxygens (including phenoxy) is 1. The maximum Gasteiger partial charge on any atom is 0.257 e. The molecular weight excluding hydrogens is 352 g/mol. The van der Waals surface area contributed by atoms with Crippen molar-refractivity contribution in [1.82, 2.24) is 4.98 Å². The minimum absolute atomic E-state index is 0.00126. The van der Waals surface area contributed by atoms with Gasteiger partial charge in [-0.3, -0.25) is 4.79 Å².